The largest absolute Gasteiger partial charge is 0.508 e. The van der Waals surface area contributed by atoms with Crippen molar-refractivity contribution in [3.05, 3.63) is 71.0 Å². The molecule has 0 saturated heterocycles. The predicted molar refractivity (Wildman–Crippen MR) is 76.0 cm³/mol. The summed E-state index contributed by atoms with van der Waals surface area (Å²) in [5.74, 6) is -1.85. The van der Waals surface area contributed by atoms with E-state index in [1.807, 2.05) is 0 Å². The summed E-state index contributed by atoms with van der Waals surface area (Å²) in [6, 6.07) is 10.8. The highest BCUT2D eigenvalue weighted by Gasteiger charge is 2.17. The van der Waals surface area contributed by atoms with Gasteiger partial charge in [-0.1, -0.05) is 12.1 Å². The number of Topliss-reactive ketones (excluding diaryl/α,β-unsaturated/α-hetero) is 1. The Morgan fingerprint density at radius 1 is 1.00 bits per heavy atom. The average Bonchev–Trinajstić information content (AvgIpc) is 2.46. The summed E-state index contributed by atoms with van der Waals surface area (Å²) in [7, 11) is 0. The molecule has 1 amide bonds. The third kappa shape index (κ3) is 3.54. The number of ketones is 1. The molecular weight excluding hydrogens is 273 g/mol. The van der Waals surface area contributed by atoms with Crippen LogP contribution in [-0.2, 0) is 4.79 Å². The third-order valence-corrected chi connectivity index (χ3v) is 2.82. The Hall–Kier alpha value is -2.95. The zero-order chi connectivity index (χ0) is 15.4. The zero-order valence-corrected chi connectivity index (χ0v) is 10.9. The number of nitrogens with two attached hydrogens (primary N) is 1. The SMILES string of the molecule is NC(=O)/C(=C\c1ccc(F)cc1)C(=O)c1ccc(O)cc1. The second-order valence-corrected chi connectivity index (χ2v) is 4.35. The molecule has 106 valence electrons. The Balaban J connectivity index is 2.39. The smallest absolute Gasteiger partial charge is 0.252 e. The lowest BCUT2D eigenvalue weighted by molar-refractivity contribution is -0.114. The van der Waals surface area contributed by atoms with Crippen LogP contribution in [0.3, 0.4) is 0 Å². The van der Waals surface area contributed by atoms with Gasteiger partial charge in [-0.05, 0) is 48.0 Å². The molecule has 0 saturated carbocycles. The van der Waals surface area contributed by atoms with Crippen LogP contribution in [0.5, 0.6) is 5.75 Å². The number of aromatic hydroxyl groups is 1. The summed E-state index contributed by atoms with van der Waals surface area (Å²) in [5.41, 5.74) is 5.72. The highest BCUT2D eigenvalue weighted by molar-refractivity contribution is 6.27. The number of benzene rings is 2. The number of phenols is 1. The van der Waals surface area contributed by atoms with E-state index in [0.29, 0.717) is 5.56 Å². The molecule has 0 radical (unpaired) electrons. The standard InChI is InChI=1S/C16H12FNO3/c17-12-5-1-10(2-6-12)9-14(16(18)21)15(20)11-3-7-13(19)8-4-11/h1-9,19H,(H2,18,21)/b14-9-. The molecule has 0 fully saturated rings. The van der Waals surface area contributed by atoms with Crippen LogP contribution in [0.15, 0.2) is 54.1 Å². The zero-order valence-electron chi connectivity index (χ0n) is 10.9. The van der Waals surface area contributed by atoms with E-state index < -0.39 is 17.5 Å². The van der Waals surface area contributed by atoms with E-state index in [2.05, 4.69) is 0 Å². The minimum absolute atomic E-state index is 0.00897. The number of rotatable bonds is 4. The fourth-order valence-corrected chi connectivity index (χ4v) is 1.74. The number of halogens is 1. The van der Waals surface area contributed by atoms with Gasteiger partial charge in [-0.3, -0.25) is 9.59 Å². The molecule has 3 N–H and O–H groups in total. The highest BCUT2D eigenvalue weighted by atomic mass is 19.1. The van der Waals surface area contributed by atoms with Gasteiger partial charge in [-0.2, -0.15) is 0 Å². The second-order valence-electron chi connectivity index (χ2n) is 4.35. The molecule has 0 aliphatic carbocycles. The highest BCUT2D eigenvalue weighted by Crippen LogP contribution is 2.16. The molecule has 5 heteroatoms. The number of hydrogen-bond donors (Lipinski definition) is 2. The van der Waals surface area contributed by atoms with Gasteiger partial charge in [-0.15, -0.1) is 0 Å². The van der Waals surface area contributed by atoms with Gasteiger partial charge in [0.15, 0.2) is 5.78 Å². The molecule has 2 rings (SSSR count). The molecule has 0 aliphatic heterocycles. The van der Waals surface area contributed by atoms with Gasteiger partial charge in [0.05, 0.1) is 5.57 Å². The topological polar surface area (TPSA) is 80.4 Å². The van der Waals surface area contributed by atoms with Gasteiger partial charge in [0, 0.05) is 5.56 Å². The summed E-state index contributed by atoms with van der Waals surface area (Å²) >= 11 is 0. The molecule has 2 aromatic carbocycles. The van der Waals surface area contributed by atoms with Crippen molar-refractivity contribution in [2.45, 2.75) is 0 Å². The second kappa shape index (κ2) is 6.00. The van der Waals surface area contributed by atoms with Crippen LogP contribution in [0.25, 0.3) is 6.08 Å². The molecule has 0 bridgehead atoms. The van der Waals surface area contributed by atoms with Crippen LogP contribution in [0.1, 0.15) is 15.9 Å². The fraction of sp³-hybridized carbons (Fsp3) is 0. The predicted octanol–water partition coefficient (Wildman–Crippen LogP) is 2.28. The minimum Gasteiger partial charge on any atom is -0.508 e. The lowest BCUT2D eigenvalue weighted by atomic mass is 10.0. The van der Waals surface area contributed by atoms with Gasteiger partial charge in [-0.25, -0.2) is 4.39 Å². The van der Waals surface area contributed by atoms with E-state index in [1.54, 1.807) is 0 Å². The lowest BCUT2D eigenvalue weighted by Crippen LogP contribution is -2.20. The van der Waals surface area contributed by atoms with E-state index in [-0.39, 0.29) is 16.9 Å². The lowest BCUT2D eigenvalue weighted by Gasteiger charge is -2.04. The quantitative estimate of drug-likeness (QED) is 0.391. The summed E-state index contributed by atoms with van der Waals surface area (Å²) < 4.78 is 12.8. The molecule has 0 aliphatic rings. The van der Waals surface area contributed by atoms with Crippen molar-refractivity contribution in [2.24, 2.45) is 5.73 Å². The molecule has 0 heterocycles. The van der Waals surface area contributed by atoms with E-state index in [0.717, 1.165) is 0 Å². The molecule has 0 spiro atoms. The van der Waals surface area contributed by atoms with Crippen molar-refractivity contribution in [3.63, 3.8) is 0 Å². The van der Waals surface area contributed by atoms with Crippen molar-refractivity contribution in [2.75, 3.05) is 0 Å². The van der Waals surface area contributed by atoms with Crippen LogP contribution in [-0.4, -0.2) is 16.8 Å². The first-order valence-electron chi connectivity index (χ1n) is 6.08. The van der Waals surface area contributed by atoms with E-state index in [9.17, 15) is 19.1 Å². The molecule has 0 atom stereocenters. The molecule has 4 nitrogen and oxygen atoms in total. The van der Waals surface area contributed by atoms with Gasteiger partial charge >= 0.3 is 0 Å². The van der Waals surface area contributed by atoms with Crippen LogP contribution in [0.4, 0.5) is 4.39 Å². The third-order valence-electron chi connectivity index (χ3n) is 2.82. The maximum atomic E-state index is 12.8. The first-order valence-corrected chi connectivity index (χ1v) is 6.08. The number of hydrogen-bond acceptors (Lipinski definition) is 3. The summed E-state index contributed by atoms with van der Waals surface area (Å²) in [6.45, 7) is 0. The van der Waals surface area contributed by atoms with E-state index in [4.69, 9.17) is 5.73 Å². The van der Waals surface area contributed by atoms with Crippen LogP contribution < -0.4 is 5.73 Å². The van der Waals surface area contributed by atoms with E-state index in [1.165, 1.54) is 54.6 Å². The van der Waals surface area contributed by atoms with Gasteiger partial charge in [0.25, 0.3) is 5.91 Å². The maximum absolute atomic E-state index is 12.8. The number of carbonyl (C=O) groups excluding carboxylic acids is 2. The molecular formula is C16H12FNO3. The van der Waals surface area contributed by atoms with Crippen molar-refractivity contribution < 1.29 is 19.1 Å². The molecule has 0 unspecified atom stereocenters. The fourth-order valence-electron chi connectivity index (χ4n) is 1.74. The Morgan fingerprint density at radius 2 is 1.57 bits per heavy atom. The first kappa shape index (κ1) is 14.5. The van der Waals surface area contributed by atoms with Gasteiger partial charge < -0.3 is 10.8 Å². The number of amides is 1. The average molecular weight is 285 g/mol. The first-order chi connectivity index (χ1) is 9.97. The normalized spacial score (nSPS) is 11.2. The molecule has 21 heavy (non-hydrogen) atoms. The van der Waals surface area contributed by atoms with Crippen LogP contribution in [0.2, 0.25) is 0 Å². The van der Waals surface area contributed by atoms with Crippen LogP contribution >= 0.6 is 0 Å². The number of primary amides is 1. The Kier molecular flexibility index (Phi) is 4.13. The Labute approximate surface area is 120 Å². The number of carbonyl (C=O) groups is 2. The summed E-state index contributed by atoms with van der Waals surface area (Å²) in [4.78, 5) is 23.7. The van der Waals surface area contributed by atoms with Crippen molar-refractivity contribution in [1.82, 2.24) is 0 Å². The number of phenolic OH excluding ortho intramolecular Hbond substituents is 1. The van der Waals surface area contributed by atoms with Crippen molar-refractivity contribution in [1.29, 1.82) is 0 Å². The minimum atomic E-state index is -0.877. The van der Waals surface area contributed by atoms with Crippen molar-refractivity contribution >= 4 is 17.8 Å². The Bertz CT molecular complexity index is 703. The monoisotopic (exact) mass is 285 g/mol. The van der Waals surface area contributed by atoms with Gasteiger partial charge in [0.1, 0.15) is 11.6 Å². The summed E-state index contributed by atoms with van der Waals surface area (Å²) in [5, 5.41) is 9.19. The van der Waals surface area contributed by atoms with E-state index >= 15 is 0 Å². The molecule has 2 aromatic rings. The van der Waals surface area contributed by atoms with Crippen molar-refractivity contribution in [3.8, 4) is 5.75 Å². The summed E-state index contributed by atoms with van der Waals surface area (Å²) in [6.07, 6.45) is 1.30. The molecule has 0 aromatic heterocycles. The maximum Gasteiger partial charge on any atom is 0.252 e. The van der Waals surface area contributed by atoms with Gasteiger partial charge in [0.2, 0.25) is 0 Å². The van der Waals surface area contributed by atoms with Crippen LogP contribution in [0, 0.1) is 5.82 Å². The Morgan fingerprint density at radius 3 is 2.10 bits per heavy atom.